The average Bonchev–Trinajstić information content (AvgIpc) is 2.16. The fourth-order valence-electron chi connectivity index (χ4n) is 1.00. The van der Waals surface area contributed by atoms with Gasteiger partial charge in [-0.05, 0) is 20.8 Å². The zero-order valence-electron chi connectivity index (χ0n) is 9.99. The fraction of sp³-hybridized carbons (Fsp3) is 0.583. The van der Waals surface area contributed by atoms with Crippen molar-refractivity contribution < 1.29 is 0 Å². The van der Waals surface area contributed by atoms with E-state index in [0.29, 0.717) is 12.0 Å². The van der Waals surface area contributed by atoms with E-state index >= 15 is 0 Å². The smallest absolute Gasteiger partial charge is 0.0619 e. The van der Waals surface area contributed by atoms with Gasteiger partial charge in [0, 0.05) is 18.7 Å². The molecule has 2 unspecified atom stereocenters. The molecule has 0 spiro atoms. The average molecular weight is 194 g/mol. The van der Waals surface area contributed by atoms with Crippen LogP contribution in [0.2, 0.25) is 0 Å². The molecule has 0 amide bonds. The SMILES string of the molecule is C=CC(C)/C(C)=N/N(C)C(C)/C=C/C. The van der Waals surface area contributed by atoms with E-state index in [4.69, 9.17) is 0 Å². The third-order valence-electron chi connectivity index (χ3n) is 2.39. The maximum absolute atomic E-state index is 4.49. The molecule has 0 radical (unpaired) electrons. The number of allylic oxidation sites excluding steroid dienone is 2. The van der Waals surface area contributed by atoms with Crippen LogP contribution in [0.4, 0.5) is 0 Å². The van der Waals surface area contributed by atoms with Gasteiger partial charge in [0.15, 0.2) is 0 Å². The van der Waals surface area contributed by atoms with Gasteiger partial charge in [-0.3, -0.25) is 5.01 Å². The minimum atomic E-state index is 0.340. The predicted molar refractivity (Wildman–Crippen MR) is 64.5 cm³/mol. The third-order valence-corrected chi connectivity index (χ3v) is 2.39. The standard InChI is InChI=1S/C12H22N2/c1-7-9-11(4)14(6)13-12(5)10(3)8-2/h7-11H,2H2,1,3-6H3/b9-7+,13-12+. The zero-order chi connectivity index (χ0) is 11.1. The summed E-state index contributed by atoms with van der Waals surface area (Å²) >= 11 is 0. The number of hydrazone groups is 1. The molecular weight excluding hydrogens is 172 g/mol. The normalized spacial score (nSPS) is 16.8. The van der Waals surface area contributed by atoms with Crippen molar-refractivity contribution >= 4 is 5.71 Å². The van der Waals surface area contributed by atoms with E-state index in [9.17, 15) is 0 Å². The molecule has 0 aromatic rings. The van der Waals surface area contributed by atoms with Crippen LogP contribution in [0, 0.1) is 5.92 Å². The van der Waals surface area contributed by atoms with Crippen molar-refractivity contribution in [2.45, 2.75) is 33.7 Å². The maximum atomic E-state index is 4.49. The van der Waals surface area contributed by atoms with Crippen LogP contribution in [0.3, 0.4) is 0 Å². The Bertz CT molecular complexity index is 228. The summed E-state index contributed by atoms with van der Waals surface area (Å²) in [5.41, 5.74) is 1.10. The molecule has 0 aromatic heterocycles. The first-order valence-electron chi connectivity index (χ1n) is 5.06. The molecule has 14 heavy (non-hydrogen) atoms. The molecule has 0 N–H and O–H groups in total. The summed E-state index contributed by atoms with van der Waals surface area (Å²) in [4.78, 5) is 0. The van der Waals surface area contributed by atoms with Gasteiger partial charge in [-0.25, -0.2) is 0 Å². The van der Waals surface area contributed by atoms with Crippen LogP contribution < -0.4 is 0 Å². The minimum Gasteiger partial charge on any atom is -0.294 e. The van der Waals surface area contributed by atoms with E-state index in [-0.39, 0.29) is 0 Å². The number of rotatable bonds is 5. The highest BCUT2D eigenvalue weighted by Crippen LogP contribution is 2.04. The van der Waals surface area contributed by atoms with Crippen LogP contribution in [0.5, 0.6) is 0 Å². The molecule has 0 aliphatic carbocycles. The fourth-order valence-corrected chi connectivity index (χ4v) is 1.00. The molecule has 0 aromatic carbocycles. The summed E-state index contributed by atoms with van der Waals surface area (Å²) in [5, 5.41) is 6.46. The molecule has 80 valence electrons. The number of likely N-dealkylation sites (N-methyl/N-ethyl adjacent to an activating group) is 1. The Morgan fingerprint density at radius 3 is 2.43 bits per heavy atom. The van der Waals surface area contributed by atoms with Crippen LogP contribution in [0.25, 0.3) is 0 Å². The second-order valence-electron chi connectivity index (χ2n) is 3.61. The number of hydrogen-bond acceptors (Lipinski definition) is 2. The molecule has 2 nitrogen and oxygen atoms in total. The van der Waals surface area contributed by atoms with E-state index in [1.807, 2.05) is 38.1 Å². The monoisotopic (exact) mass is 194 g/mol. The number of nitrogens with zero attached hydrogens (tertiary/aromatic N) is 2. The van der Waals surface area contributed by atoms with Crippen molar-refractivity contribution in [1.82, 2.24) is 5.01 Å². The third kappa shape index (κ3) is 4.26. The van der Waals surface area contributed by atoms with Crippen LogP contribution in [-0.2, 0) is 0 Å². The Kier molecular flexibility index (Phi) is 5.93. The predicted octanol–water partition coefficient (Wildman–Crippen LogP) is 3.08. The first-order chi connectivity index (χ1) is 6.52. The Labute approximate surface area is 88.0 Å². The number of hydrogen-bond donors (Lipinski definition) is 0. The zero-order valence-corrected chi connectivity index (χ0v) is 9.99. The van der Waals surface area contributed by atoms with Crippen LogP contribution in [0.15, 0.2) is 29.9 Å². The van der Waals surface area contributed by atoms with Crippen molar-refractivity contribution in [2.75, 3.05) is 7.05 Å². The van der Waals surface area contributed by atoms with E-state index in [1.54, 1.807) is 0 Å². The van der Waals surface area contributed by atoms with Crippen molar-refractivity contribution in [3.8, 4) is 0 Å². The Hall–Kier alpha value is -1.05. The van der Waals surface area contributed by atoms with Gasteiger partial charge in [0.25, 0.3) is 0 Å². The van der Waals surface area contributed by atoms with E-state index in [1.165, 1.54) is 0 Å². The van der Waals surface area contributed by atoms with Crippen molar-refractivity contribution in [1.29, 1.82) is 0 Å². The van der Waals surface area contributed by atoms with Crippen LogP contribution in [-0.4, -0.2) is 23.8 Å². The van der Waals surface area contributed by atoms with Crippen molar-refractivity contribution in [3.05, 3.63) is 24.8 Å². The van der Waals surface area contributed by atoms with Gasteiger partial charge in [0.2, 0.25) is 0 Å². The largest absolute Gasteiger partial charge is 0.294 e. The molecule has 0 aliphatic rings. The molecule has 0 saturated heterocycles. The Morgan fingerprint density at radius 2 is 2.00 bits per heavy atom. The molecule has 0 saturated carbocycles. The van der Waals surface area contributed by atoms with Gasteiger partial charge in [0.1, 0.15) is 0 Å². The van der Waals surface area contributed by atoms with Crippen molar-refractivity contribution in [2.24, 2.45) is 11.0 Å². The lowest BCUT2D eigenvalue weighted by molar-refractivity contribution is 0.312. The highest BCUT2D eigenvalue weighted by atomic mass is 15.4. The second kappa shape index (κ2) is 6.41. The Morgan fingerprint density at radius 1 is 1.43 bits per heavy atom. The van der Waals surface area contributed by atoms with E-state index < -0.39 is 0 Å². The van der Waals surface area contributed by atoms with Crippen LogP contribution in [0.1, 0.15) is 27.7 Å². The topological polar surface area (TPSA) is 15.6 Å². The highest BCUT2D eigenvalue weighted by molar-refractivity contribution is 5.85. The molecular formula is C12H22N2. The molecule has 0 bridgehead atoms. The summed E-state index contributed by atoms with van der Waals surface area (Å²) < 4.78 is 0. The van der Waals surface area contributed by atoms with Crippen molar-refractivity contribution in [3.63, 3.8) is 0 Å². The van der Waals surface area contributed by atoms with E-state index in [2.05, 4.69) is 31.6 Å². The van der Waals surface area contributed by atoms with Gasteiger partial charge in [-0.1, -0.05) is 25.2 Å². The summed E-state index contributed by atoms with van der Waals surface area (Å²) in [6, 6.07) is 0.340. The molecule has 2 heteroatoms. The van der Waals surface area contributed by atoms with Gasteiger partial charge in [0.05, 0.1) is 6.04 Å². The van der Waals surface area contributed by atoms with Gasteiger partial charge in [-0.2, -0.15) is 5.10 Å². The molecule has 0 fully saturated rings. The van der Waals surface area contributed by atoms with Crippen LogP contribution >= 0.6 is 0 Å². The molecule has 0 heterocycles. The summed E-state index contributed by atoms with van der Waals surface area (Å²) in [6.45, 7) is 12.0. The first-order valence-corrected chi connectivity index (χ1v) is 5.06. The van der Waals surface area contributed by atoms with Gasteiger partial charge >= 0.3 is 0 Å². The summed E-state index contributed by atoms with van der Waals surface area (Å²) in [5.74, 6) is 0.343. The molecule has 0 aliphatic heterocycles. The minimum absolute atomic E-state index is 0.340. The quantitative estimate of drug-likeness (QED) is 0.373. The molecule has 0 rings (SSSR count). The van der Waals surface area contributed by atoms with Gasteiger partial charge in [-0.15, -0.1) is 6.58 Å². The lowest BCUT2D eigenvalue weighted by atomic mass is 10.1. The first kappa shape index (κ1) is 12.9. The Balaban J connectivity index is 4.40. The second-order valence-corrected chi connectivity index (χ2v) is 3.61. The highest BCUT2D eigenvalue weighted by Gasteiger charge is 2.05. The lowest BCUT2D eigenvalue weighted by Gasteiger charge is -2.20. The van der Waals surface area contributed by atoms with E-state index in [0.717, 1.165) is 5.71 Å². The van der Waals surface area contributed by atoms with Gasteiger partial charge < -0.3 is 0 Å². The summed E-state index contributed by atoms with van der Waals surface area (Å²) in [7, 11) is 1.99. The summed E-state index contributed by atoms with van der Waals surface area (Å²) in [6.07, 6.45) is 6.07. The maximum Gasteiger partial charge on any atom is 0.0619 e. The lowest BCUT2D eigenvalue weighted by Crippen LogP contribution is -2.24. The molecule has 2 atom stereocenters.